The van der Waals surface area contributed by atoms with Crippen LogP contribution in [0.25, 0.3) is 0 Å². The van der Waals surface area contributed by atoms with Crippen molar-refractivity contribution in [2.45, 2.75) is 26.7 Å². The molecule has 1 aromatic heterocycles. The summed E-state index contributed by atoms with van der Waals surface area (Å²) in [6, 6.07) is 0. The van der Waals surface area contributed by atoms with Gasteiger partial charge in [-0.15, -0.1) is 11.3 Å². The third-order valence-corrected chi connectivity index (χ3v) is 2.95. The molecule has 1 heterocycles. The molecule has 5 nitrogen and oxygen atoms in total. The van der Waals surface area contributed by atoms with E-state index in [0.29, 0.717) is 25.5 Å². The number of hydrogen-bond donors (Lipinski definition) is 1. The molecule has 1 N–H and O–H groups in total. The minimum atomic E-state index is -0.374. The molecule has 6 heteroatoms. The molecule has 1 rings (SSSR count). The summed E-state index contributed by atoms with van der Waals surface area (Å²) in [6.07, 6.45) is 2.23. The number of thiazole rings is 1. The Morgan fingerprint density at radius 3 is 3.00 bits per heavy atom. The predicted octanol–water partition coefficient (Wildman–Crippen LogP) is 2.55. The van der Waals surface area contributed by atoms with Crippen LogP contribution in [0.15, 0.2) is 5.38 Å². The van der Waals surface area contributed by atoms with Gasteiger partial charge in [-0.25, -0.2) is 9.78 Å². The Morgan fingerprint density at radius 1 is 1.44 bits per heavy atom. The van der Waals surface area contributed by atoms with Crippen LogP contribution in [-0.4, -0.2) is 37.3 Å². The van der Waals surface area contributed by atoms with Crippen LogP contribution in [-0.2, 0) is 9.47 Å². The van der Waals surface area contributed by atoms with Crippen LogP contribution in [0.2, 0.25) is 0 Å². The molecule has 0 aromatic carbocycles. The molecule has 0 fully saturated rings. The van der Waals surface area contributed by atoms with Crippen molar-refractivity contribution in [1.29, 1.82) is 0 Å². The number of rotatable bonds is 9. The van der Waals surface area contributed by atoms with Gasteiger partial charge >= 0.3 is 5.97 Å². The molecule has 0 bridgehead atoms. The molecule has 1 aromatic rings. The Hall–Kier alpha value is -1.14. The van der Waals surface area contributed by atoms with E-state index in [1.807, 2.05) is 0 Å². The molecule has 0 unspecified atom stereocenters. The molecule has 0 saturated carbocycles. The highest BCUT2D eigenvalue weighted by atomic mass is 32.1. The SMILES string of the molecule is CCCCOCCNc1nc(C(=O)OCC)cs1. The van der Waals surface area contributed by atoms with E-state index in [1.165, 1.54) is 11.3 Å². The van der Waals surface area contributed by atoms with Crippen LogP contribution >= 0.6 is 11.3 Å². The van der Waals surface area contributed by atoms with Crippen LogP contribution in [0.5, 0.6) is 0 Å². The monoisotopic (exact) mass is 272 g/mol. The number of aromatic nitrogens is 1. The lowest BCUT2D eigenvalue weighted by atomic mass is 10.4. The maximum Gasteiger partial charge on any atom is 0.357 e. The number of anilines is 1. The largest absolute Gasteiger partial charge is 0.461 e. The number of nitrogens with one attached hydrogen (secondary N) is 1. The Balaban J connectivity index is 2.21. The van der Waals surface area contributed by atoms with E-state index in [9.17, 15) is 4.79 Å². The minimum Gasteiger partial charge on any atom is -0.461 e. The third-order valence-electron chi connectivity index (χ3n) is 2.15. The second-order valence-electron chi connectivity index (χ2n) is 3.65. The fraction of sp³-hybridized carbons (Fsp3) is 0.667. The Bertz CT molecular complexity index is 355. The maximum absolute atomic E-state index is 11.4. The number of ether oxygens (including phenoxy) is 2. The van der Waals surface area contributed by atoms with Crippen LogP contribution in [0, 0.1) is 0 Å². The minimum absolute atomic E-state index is 0.358. The van der Waals surface area contributed by atoms with Gasteiger partial charge in [0.15, 0.2) is 10.8 Å². The van der Waals surface area contributed by atoms with Crippen LogP contribution < -0.4 is 5.32 Å². The molecule has 18 heavy (non-hydrogen) atoms. The van der Waals surface area contributed by atoms with Gasteiger partial charge in [0.05, 0.1) is 13.2 Å². The topological polar surface area (TPSA) is 60.5 Å². The Kier molecular flexibility index (Phi) is 7.36. The van der Waals surface area contributed by atoms with Crippen LogP contribution in [0.1, 0.15) is 37.2 Å². The fourth-order valence-corrected chi connectivity index (χ4v) is 1.94. The summed E-state index contributed by atoms with van der Waals surface area (Å²) in [4.78, 5) is 15.5. The van der Waals surface area contributed by atoms with Gasteiger partial charge in [0.1, 0.15) is 0 Å². The fourth-order valence-electron chi connectivity index (χ4n) is 1.23. The van der Waals surface area contributed by atoms with Gasteiger partial charge in [-0.3, -0.25) is 0 Å². The van der Waals surface area contributed by atoms with Crippen LogP contribution in [0.4, 0.5) is 5.13 Å². The second kappa shape index (κ2) is 8.88. The van der Waals surface area contributed by atoms with Crippen molar-refractivity contribution < 1.29 is 14.3 Å². The first-order valence-electron chi connectivity index (χ1n) is 6.22. The smallest absolute Gasteiger partial charge is 0.357 e. The van der Waals surface area contributed by atoms with Crippen molar-refractivity contribution >= 4 is 22.4 Å². The highest BCUT2D eigenvalue weighted by molar-refractivity contribution is 7.13. The summed E-state index contributed by atoms with van der Waals surface area (Å²) in [7, 11) is 0. The van der Waals surface area contributed by atoms with Gasteiger partial charge in [-0.1, -0.05) is 13.3 Å². The van der Waals surface area contributed by atoms with Gasteiger partial charge < -0.3 is 14.8 Å². The normalized spacial score (nSPS) is 10.3. The van der Waals surface area contributed by atoms with E-state index in [4.69, 9.17) is 9.47 Å². The Morgan fingerprint density at radius 2 is 2.28 bits per heavy atom. The standard InChI is InChI=1S/C12H20N2O3S/c1-3-5-7-16-8-6-13-12-14-10(9-18-12)11(15)17-4-2/h9H,3-8H2,1-2H3,(H,13,14). The molecule has 0 aliphatic carbocycles. The van der Waals surface area contributed by atoms with E-state index < -0.39 is 0 Å². The molecular formula is C12H20N2O3S. The molecule has 0 aliphatic heterocycles. The molecule has 0 saturated heterocycles. The number of carbonyl (C=O) groups is 1. The summed E-state index contributed by atoms with van der Waals surface area (Å²) < 4.78 is 10.3. The van der Waals surface area contributed by atoms with Crippen molar-refractivity contribution in [3.8, 4) is 0 Å². The number of unbranched alkanes of at least 4 members (excludes halogenated alkanes) is 1. The van der Waals surface area contributed by atoms with Gasteiger partial charge in [-0.05, 0) is 13.3 Å². The molecule has 0 spiro atoms. The van der Waals surface area contributed by atoms with E-state index in [0.717, 1.165) is 24.6 Å². The lowest BCUT2D eigenvalue weighted by Gasteiger charge is -2.03. The predicted molar refractivity (Wildman–Crippen MR) is 72.3 cm³/mol. The van der Waals surface area contributed by atoms with E-state index in [-0.39, 0.29) is 5.97 Å². The van der Waals surface area contributed by atoms with Crippen molar-refractivity contribution in [3.05, 3.63) is 11.1 Å². The summed E-state index contributed by atoms with van der Waals surface area (Å²) in [6.45, 7) is 6.41. The zero-order valence-corrected chi connectivity index (χ0v) is 11.7. The highest BCUT2D eigenvalue weighted by Crippen LogP contribution is 2.15. The second-order valence-corrected chi connectivity index (χ2v) is 4.51. The van der Waals surface area contributed by atoms with Crippen molar-refractivity contribution in [3.63, 3.8) is 0 Å². The quantitative estimate of drug-likeness (QED) is 0.553. The molecule has 102 valence electrons. The van der Waals surface area contributed by atoms with E-state index >= 15 is 0 Å². The van der Waals surface area contributed by atoms with Gasteiger partial charge in [-0.2, -0.15) is 0 Å². The number of esters is 1. The lowest BCUT2D eigenvalue weighted by Crippen LogP contribution is -2.10. The molecule has 0 aliphatic rings. The summed E-state index contributed by atoms with van der Waals surface area (Å²) in [5.41, 5.74) is 0.358. The lowest BCUT2D eigenvalue weighted by molar-refractivity contribution is 0.0520. The highest BCUT2D eigenvalue weighted by Gasteiger charge is 2.10. The van der Waals surface area contributed by atoms with Gasteiger partial charge in [0.25, 0.3) is 0 Å². The van der Waals surface area contributed by atoms with Gasteiger partial charge in [0, 0.05) is 18.5 Å². The zero-order valence-electron chi connectivity index (χ0n) is 10.9. The zero-order chi connectivity index (χ0) is 13.2. The molecule has 0 radical (unpaired) electrons. The molecular weight excluding hydrogens is 252 g/mol. The van der Waals surface area contributed by atoms with Crippen molar-refractivity contribution in [2.75, 3.05) is 31.7 Å². The summed E-state index contributed by atoms with van der Waals surface area (Å²) >= 11 is 1.39. The van der Waals surface area contributed by atoms with Crippen molar-refractivity contribution in [1.82, 2.24) is 4.98 Å². The molecule has 0 atom stereocenters. The van der Waals surface area contributed by atoms with Gasteiger partial charge in [0.2, 0.25) is 0 Å². The van der Waals surface area contributed by atoms with Crippen LogP contribution in [0.3, 0.4) is 0 Å². The number of nitrogens with zero attached hydrogens (tertiary/aromatic N) is 1. The summed E-state index contributed by atoms with van der Waals surface area (Å²) in [5, 5.41) is 5.53. The average Bonchev–Trinajstić information content (AvgIpc) is 2.83. The Labute approximate surface area is 112 Å². The first kappa shape index (κ1) is 14.9. The third kappa shape index (κ3) is 5.46. The number of carbonyl (C=O) groups excluding carboxylic acids is 1. The number of hydrogen-bond acceptors (Lipinski definition) is 6. The summed E-state index contributed by atoms with van der Waals surface area (Å²) in [5.74, 6) is -0.374. The first-order chi connectivity index (χ1) is 8.77. The maximum atomic E-state index is 11.4. The van der Waals surface area contributed by atoms with Crippen molar-refractivity contribution in [2.24, 2.45) is 0 Å². The first-order valence-corrected chi connectivity index (χ1v) is 7.10. The average molecular weight is 272 g/mol. The van der Waals surface area contributed by atoms with E-state index in [1.54, 1.807) is 12.3 Å². The van der Waals surface area contributed by atoms with E-state index in [2.05, 4.69) is 17.2 Å². The molecule has 0 amide bonds.